The Morgan fingerprint density at radius 1 is 0.926 bits per heavy atom. The molecule has 6 nitrogen and oxygen atoms in total. The summed E-state index contributed by atoms with van der Waals surface area (Å²) >= 11 is 0. The topological polar surface area (TPSA) is 84.5 Å². The molecule has 2 aromatic rings. The van der Waals surface area contributed by atoms with Crippen molar-refractivity contribution >= 4 is 29.2 Å². The number of carbonyl (C=O) groups excluding carboxylic acids is 3. The van der Waals surface area contributed by atoms with Gasteiger partial charge in [-0.05, 0) is 42.7 Å². The third-order valence-corrected chi connectivity index (χ3v) is 3.89. The highest BCUT2D eigenvalue weighted by Crippen LogP contribution is 2.15. The lowest BCUT2D eigenvalue weighted by Gasteiger charge is -2.10. The second kappa shape index (κ2) is 10.1. The average molecular weight is 368 g/mol. The highest BCUT2D eigenvalue weighted by Gasteiger charge is 2.12. The van der Waals surface area contributed by atoms with Crippen molar-refractivity contribution in [2.24, 2.45) is 0 Å². The zero-order valence-electron chi connectivity index (χ0n) is 15.6. The summed E-state index contributed by atoms with van der Waals surface area (Å²) < 4.78 is 4.94. The number of nitrogens with one attached hydrogen (secondary N) is 2. The Hall–Kier alpha value is -3.15. The SMILES string of the molecule is CCc1ccccc1NC(=O)COC(=O)CCC(=O)Nc1cccc(C)c1. The van der Waals surface area contributed by atoms with Crippen LogP contribution in [0, 0.1) is 6.92 Å². The lowest BCUT2D eigenvalue weighted by atomic mass is 10.1. The van der Waals surface area contributed by atoms with E-state index >= 15 is 0 Å². The van der Waals surface area contributed by atoms with Gasteiger partial charge in [-0.25, -0.2) is 0 Å². The highest BCUT2D eigenvalue weighted by atomic mass is 16.5. The minimum Gasteiger partial charge on any atom is -0.456 e. The number of hydrogen-bond donors (Lipinski definition) is 2. The van der Waals surface area contributed by atoms with Crippen molar-refractivity contribution in [3.05, 3.63) is 59.7 Å². The molecule has 2 aromatic carbocycles. The largest absolute Gasteiger partial charge is 0.456 e. The molecule has 0 unspecified atom stereocenters. The Bertz CT molecular complexity index is 817. The lowest BCUT2D eigenvalue weighted by molar-refractivity contribution is -0.147. The van der Waals surface area contributed by atoms with Gasteiger partial charge >= 0.3 is 5.97 Å². The van der Waals surface area contributed by atoms with Crippen LogP contribution in [0.25, 0.3) is 0 Å². The summed E-state index contributed by atoms with van der Waals surface area (Å²) in [5.41, 5.74) is 3.42. The van der Waals surface area contributed by atoms with E-state index in [4.69, 9.17) is 4.74 Å². The van der Waals surface area contributed by atoms with E-state index in [2.05, 4.69) is 10.6 Å². The second-order valence-electron chi connectivity index (χ2n) is 6.14. The summed E-state index contributed by atoms with van der Waals surface area (Å²) in [6.45, 7) is 3.54. The molecule has 0 aliphatic rings. The fraction of sp³-hybridized carbons (Fsp3) is 0.286. The number of para-hydroxylation sites is 1. The maximum Gasteiger partial charge on any atom is 0.306 e. The number of aryl methyl sites for hydroxylation is 2. The van der Waals surface area contributed by atoms with Crippen molar-refractivity contribution < 1.29 is 19.1 Å². The van der Waals surface area contributed by atoms with E-state index in [-0.39, 0.29) is 25.4 Å². The van der Waals surface area contributed by atoms with Gasteiger partial charge in [-0.1, -0.05) is 37.3 Å². The zero-order chi connectivity index (χ0) is 19.6. The Kier molecular flexibility index (Phi) is 7.55. The molecular weight excluding hydrogens is 344 g/mol. The summed E-state index contributed by atoms with van der Waals surface area (Å²) in [7, 11) is 0. The first-order valence-corrected chi connectivity index (χ1v) is 8.88. The molecule has 0 saturated carbocycles. The Labute approximate surface area is 158 Å². The molecule has 27 heavy (non-hydrogen) atoms. The number of anilines is 2. The summed E-state index contributed by atoms with van der Waals surface area (Å²) in [5, 5.41) is 5.45. The van der Waals surface area contributed by atoms with E-state index in [1.54, 1.807) is 12.1 Å². The molecule has 2 amide bonds. The smallest absolute Gasteiger partial charge is 0.306 e. The minimum atomic E-state index is -0.590. The van der Waals surface area contributed by atoms with Gasteiger partial charge in [0.1, 0.15) is 0 Å². The van der Waals surface area contributed by atoms with Gasteiger partial charge in [0, 0.05) is 17.8 Å². The molecule has 0 spiro atoms. The number of rotatable bonds is 8. The second-order valence-corrected chi connectivity index (χ2v) is 6.14. The van der Waals surface area contributed by atoms with Crippen LogP contribution in [0.5, 0.6) is 0 Å². The van der Waals surface area contributed by atoms with Gasteiger partial charge < -0.3 is 15.4 Å². The molecule has 0 aliphatic heterocycles. The van der Waals surface area contributed by atoms with Gasteiger partial charge in [0.2, 0.25) is 5.91 Å². The number of esters is 1. The van der Waals surface area contributed by atoms with E-state index in [9.17, 15) is 14.4 Å². The van der Waals surface area contributed by atoms with Crippen molar-refractivity contribution in [1.82, 2.24) is 0 Å². The average Bonchev–Trinajstić information content (AvgIpc) is 2.65. The predicted molar refractivity (Wildman–Crippen MR) is 104 cm³/mol. The number of ether oxygens (including phenoxy) is 1. The fourth-order valence-electron chi connectivity index (χ4n) is 2.52. The third kappa shape index (κ3) is 6.93. The fourth-order valence-corrected chi connectivity index (χ4v) is 2.52. The van der Waals surface area contributed by atoms with Gasteiger partial charge in [-0.15, -0.1) is 0 Å². The van der Waals surface area contributed by atoms with Crippen molar-refractivity contribution in [2.45, 2.75) is 33.1 Å². The monoisotopic (exact) mass is 368 g/mol. The highest BCUT2D eigenvalue weighted by molar-refractivity contribution is 5.94. The van der Waals surface area contributed by atoms with Gasteiger partial charge in [-0.2, -0.15) is 0 Å². The molecule has 0 saturated heterocycles. The molecule has 0 fully saturated rings. The van der Waals surface area contributed by atoms with Crippen molar-refractivity contribution in [2.75, 3.05) is 17.2 Å². The van der Waals surface area contributed by atoms with Crippen molar-refractivity contribution in [1.29, 1.82) is 0 Å². The van der Waals surface area contributed by atoms with Crippen LogP contribution in [0.1, 0.15) is 30.9 Å². The molecule has 0 aromatic heterocycles. The number of benzene rings is 2. The maximum atomic E-state index is 11.9. The van der Waals surface area contributed by atoms with E-state index in [0.29, 0.717) is 11.4 Å². The van der Waals surface area contributed by atoms with E-state index in [1.165, 1.54) is 0 Å². The van der Waals surface area contributed by atoms with Crippen LogP contribution in [0.3, 0.4) is 0 Å². The van der Waals surface area contributed by atoms with E-state index in [0.717, 1.165) is 17.5 Å². The van der Waals surface area contributed by atoms with Gasteiger partial charge in [0.25, 0.3) is 5.91 Å². The number of hydrogen-bond acceptors (Lipinski definition) is 4. The molecule has 0 bridgehead atoms. The summed E-state index contributed by atoms with van der Waals surface area (Å²) in [4.78, 5) is 35.6. The van der Waals surface area contributed by atoms with Crippen LogP contribution < -0.4 is 10.6 Å². The summed E-state index contributed by atoms with van der Waals surface area (Å²) in [6.07, 6.45) is 0.690. The molecule has 142 valence electrons. The molecule has 0 heterocycles. The summed E-state index contributed by atoms with van der Waals surface area (Å²) in [6, 6.07) is 14.8. The van der Waals surface area contributed by atoms with Crippen LogP contribution in [0.2, 0.25) is 0 Å². The molecule has 2 rings (SSSR count). The first kappa shape index (κ1) is 20.2. The van der Waals surface area contributed by atoms with Crippen LogP contribution >= 0.6 is 0 Å². The van der Waals surface area contributed by atoms with Crippen molar-refractivity contribution in [3.63, 3.8) is 0 Å². The van der Waals surface area contributed by atoms with E-state index in [1.807, 2.05) is 50.2 Å². The quantitative estimate of drug-likeness (QED) is 0.699. The number of amides is 2. The molecular formula is C21H24N2O4. The minimum absolute atomic E-state index is 0.00688. The standard InChI is InChI=1S/C21H24N2O4/c1-3-16-8-4-5-10-18(16)23-20(25)14-27-21(26)12-11-19(24)22-17-9-6-7-15(2)13-17/h4-10,13H,3,11-12,14H2,1-2H3,(H,22,24)(H,23,25). The van der Waals surface area contributed by atoms with Gasteiger partial charge in [0.15, 0.2) is 6.61 Å². The third-order valence-electron chi connectivity index (χ3n) is 3.89. The van der Waals surface area contributed by atoms with Gasteiger partial charge in [0.05, 0.1) is 6.42 Å². The predicted octanol–water partition coefficient (Wildman–Crippen LogP) is 3.46. The Balaban J connectivity index is 1.71. The Morgan fingerprint density at radius 2 is 1.70 bits per heavy atom. The molecule has 6 heteroatoms. The summed E-state index contributed by atoms with van der Waals surface area (Å²) in [5.74, 6) is -1.28. The molecule has 0 aliphatic carbocycles. The lowest BCUT2D eigenvalue weighted by Crippen LogP contribution is -2.22. The van der Waals surface area contributed by atoms with Gasteiger partial charge in [-0.3, -0.25) is 14.4 Å². The zero-order valence-corrected chi connectivity index (χ0v) is 15.6. The Morgan fingerprint density at radius 3 is 2.44 bits per heavy atom. The van der Waals surface area contributed by atoms with Crippen LogP contribution in [0.4, 0.5) is 11.4 Å². The first-order chi connectivity index (χ1) is 13.0. The van der Waals surface area contributed by atoms with Crippen LogP contribution in [-0.4, -0.2) is 24.4 Å². The van der Waals surface area contributed by atoms with Crippen LogP contribution in [0.15, 0.2) is 48.5 Å². The molecule has 2 N–H and O–H groups in total. The van der Waals surface area contributed by atoms with Crippen molar-refractivity contribution in [3.8, 4) is 0 Å². The molecule has 0 radical (unpaired) electrons. The normalized spacial score (nSPS) is 10.1. The molecule has 0 atom stereocenters. The maximum absolute atomic E-state index is 11.9. The number of carbonyl (C=O) groups is 3. The van der Waals surface area contributed by atoms with E-state index < -0.39 is 11.9 Å². The first-order valence-electron chi connectivity index (χ1n) is 8.88. The van der Waals surface area contributed by atoms with Crippen LogP contribution in [-0.2, 0) is 25.5 Å².